The molecule has 0 saturated carbocycles. The number of hydrazone groups is 1. The van der Waals surface area contributed by atoms with Gasteiger partial charge in [0.05, 0.1) is 19.9 Å². The van der Waals surface area contributed by atoms with Crippen LogP contribution in [-0.4, -0.2) is 31.7 Å². The Kier molecular flexibility index (Phi) is 8.69. The molecular weight excluding hydrogens is 370 g/mol. The van der Waals surface area contributed by atoms with Crippen molar-refractivity contribution in [1.29, 1.82) is 0 Å². The van der Waals surface area contributed by atoms with Crippen LogP contribution < -0.4 is 20.2 Å². The number of anilines is 1. The van der Waals surface area contributed by atoms with Crippen LogP contribution >= 0.6 is 0 Å². The first-order valence-electron chi connectivity index (χ1n) is 9.58. The van der Waals surface area contributed by atoms with Gasteiger partial charge in [0, 0.05) is 11.3 Å². The van der Waals surface area contributed by atoms with Gasteiger partial charge in [-0.3, -0.25) is 9.59 Å². The molecule has 0 saturated heterocycles. The van der Waals surface area contributed by atoms with Gasteiger partial charge in [-0.25, -0.2) is 5.43 Å². The molecule has 0 radical (unpaired) electrons. The van der Waals surface area contributed by atoms with Crippen LogP contribution in [0.4, 0.5) is 5.69 Å². The van der Waals surface area contributed by atoms with Crippen LogP contribution in [0.1, 0.15) is 37.8 Å². The Bertz CT molecular complexity index is 865. The van der Waals surface area contributed by atoms with Gasteiger partial charge in [-0.1, -0.05) is 38.1 Å². The number of ether oxygens (including phenoxy) is 2. The molecule has 0 spiro atoms. The van der Waals surface area contributed by atoms with Crippen LogP contribution in [0.25, 0.3) is 0 Å². The molecule has 0 aliphatic carbocycles. The summed E-state index contributed by atoms with van der Waals surface area (Å²) >= 11 is 0. The first kappa shape index (κ1) is 21.9. The standard InChI is InChI=1S/C22H27N3O4/c1-4-13-29-22-17(10-8-12-19(22)28-3)15-23-25-21(27)14-20(26)24-18-11-7-6-9-16(18)5-2/h6-12,15H,4-5,13-14H2,1-3H3,(H,24,26)(H,25,27). The maximum absolute atomic E-state index is 12.1. The van der Waals surface area contributed by atoms with Gasteiger partial charge in [-0.15, -0.1) is 0 Å². The monoisotopic (exact) mass is 397 g/mol. The van der Waals surface area contributed by atoms with E-state index in [0.717, 1.165) is 18.4 Å². The molecule has 0 aliphatic heterocycles. The van der Waals surface area contributed by atoms with E-state index >= 15 is 0 Å². The van der Waals surface area contributed by atoms with Crippen molar-refractivity contribution in [3.63, 3.8) is 0 Å². The van der Waals surface area contributed by atoms with Gasteiger partial charge in [0.1, 0.15) is 6.42 Å². The maximum atomic E-state index is 12.1. The highest BCUT2D eigenvalue weighted by molar-refractivity contribution is 6.04. The molecule has 0 unspecified atom stereocenters. The number of para-hydroxylation sites is 2. The number of carbonyl (C=O) groups is 2. The lowest BCUT2D eigenvalue weighted by Crippen LogP contribution is -2.25. The number of nitrogens with one attached hydrogen (secondary N) is 2. The quantitative estimate of drug-likeness (QED) is 0.365. The van der Waals surface area contributed by atoms with E-state index in [9.17, 15) is 9.59 Å². The summed E-state index contributed by atoms with van der Waals surface area (Å²) in [6.07, 6.45) is 2.78. The number of aryl methyl sites for hydroxylation is 1. The van der Waals surface area contributed by atoms with Crippen molar-refractivity contribution in [3.05, 3.63) is 53.6 Å². The summed E-state index contributed by atoms with van der Waals surface area (Å²) in [5.74, 6) is 0.241. The van der Waals surface area contributed by atoms with E-state index in [2.05, 4.69) is 15.8 Å². The van der Waals surface area contributed by atoms with Crippen molar-refractivity contribution in [3.8, 4) is 11.5 Å². The predicted molar refractivity (Wildman–Crippen MR) is 114 cm³/mol. The molecule has 2 aromatic rings. The number of amides is 2. The molecule has 0 aromatic heterocycles. The minimum atomic E-state index is -0.508. The molecule has 0 fully saturated rings. The van der Waals surface area contributed by atoms with Gasteiger partial charge < -0.3 is 14.8 Å². The molecule has 2 rings (SSSR count). The molecule has 2 amide bonds. The third-order valence-electron chi connectivity index (χ3n) is 4.07. The number of nitrogens with zero attached hydrogens (tertiary/aromatic N) is 1. The fourth-order valence-electron chi connectivity index (χ4n) is 2.66. The highest BCUT2D eigenvalue weighted by atomic mass is 16.5. The minimum absolute atomic E-state index is 0.327. The summed E-state index contributed by atoms with van der Waals surface area (Å²) in [6, 6.07) is 12.9. The highest BCUT2D eigenvalue weighted by Crippen LogP contribution is 2.30. The molecule has 29 heavy (non-hydrogen) atoms. The van der Waals surface area contributed by atoms with Gasteiger partial charge in [0.25, 0.3) is 0 Å². The molecular formula is C22H27N3O4. The van der Waals surface area contributed by atoms with Crippen LogP contribution in [0, 0.1) is 0 Å². The fourth-order valence-corrected chi connectivity index (χ4v) is 2.66. The zero-order chi connectivity index (χ0) is 21.1. The maximum Gasteiger partial charge on any atom is 0.249 e. The molecule has 7 nitrogen and oxygen atoms in total. The molecule has 2 aromatic carbocycles. The molecule has 0 aliphatic rings. The van der Waals surface area contributed by atoms with Crippen molar-refractivity contribution in [1.82, 2.24) is 5.43 Å². The van der Waals surface area contributed by atoms with Crippen molar-refractivity contribution >= 4 is 23.7 Å². The van der Waals surface area contributed by atoms with Crippen LogP contribution in [0.3, 0.4) is 0 Å². The van der Waals surface area contributed by atoms with E-state index in [1.807, 2.05) is 38.1 Å². The van der Waals surface area contributed by atoms with E-state index < -0.39 is 11.8 Å². The molecule has 154 valence electrons. The average molecular weight is 397 g/mol. The number of rotatable bonds is 10. The number of carbonyl (C=O) groups excluding carboxylic acids is 2. The highest BCUT2D eigenvalue weighted by Gasteiger charge is 2.12. The van der Waals surface area contributed by atoms with Crippen LogP contribution in [0.5, 0.6) is 11.5 Å². The van der Waals surface area contributed by atoms with Gasteiger partial charge in [0.2, 0.25) is 11.8 Å². The number of hydrogen-bond donors (Lipinski definition) is 2. The summed E-state index contributed by atoms with van der Waals surface area (Å²) < 4.78 is 11.0. The Morgan fingerprint density at radius 3 is 2.59 bits per heavy atom. The molecule has 7 heteroatoms. The molecule has 0 heterocycles. The van der Waals surface area contributed by atoms with Gasteiger partial charge in [-0.05, 0) is 36.6 Å². The van der Waals surface area contributed by atoms with Crippen molar-refractivity contribution in [2.75, 3.05) is 19.0 Å². The Hall–Kier alpha value is -3.35. The zero-order valence-corrected chi connectivity index (χ0v) is 17.0. The lowest BCUT2D eigenvalue weighted by molar-refractivity contribution is -0.126. The third kappa shape index (κ3) is 6.64. The Morgan fingerprint density at radius 2 is 1.86 bits per heavy atom. The van der Waals surface area contributed by atoms with Gasteiger partial charge in [0.15, 0.2) is 11.5 Å². The summed E-state index contributed by atoms with van der Waals surface area (Å²) in [6.45, 7) is 4.55. The van der Waals surface area contributed by atoms with Crippen molar-refractivity contribution in [2.45, 2.75) is 33.1 Å². The minimum Gasteiger partial charge on any atom is -0.493 e. The van der Waals surface area contributed by atoms with Crippen LogP contribution in [-0.2, 0) is 16.0 Å². The lowest BCUT2D eigenvalue weighted by atomic mass is 10.1. The van der Waals surface area contributed by atoms with Crippen LogP contribution in [0.15, 0.2) is 47.6 Å². The number of methoxy groups -OCH3 is 1. The zero-order valence-electron chi connectivity index (χ0n) is 17.0. The fraction of sp³-hybridized carbons (Fsp3) is 0.318. The smallest absolute Gasteiger partial charge is 0.249 e. The Labute approximate surface area is 171 Å². The van der Waals surface area contributed by atoms with E-state index in [1.165, 1.54) is 6.21 Å². The van der Waals surface area contributed by atoms with E-state index in [4.69, 9.17) is 9.47 Å². The normalized spacial score (nSPS) is 10.6. The summed E-state index contributed by atoms with van der Waals surface area (Å²) in [7, 11) is 1.56. The number of benzene rings is 2. The SMILES string of the molecule is CCCOc1c(C=NNC(=O)CC(=O)Nc2ccccc2CC)cccc1OC. The second-order valence-electron chi connectivity index (χ2n) is 6.26. The molecule has 0 atom stereocenters. The molecule has 2 N–H and O–H groups in total. The second-order valence-corrected chi connectivity index (χ2v) is 6.26. The Balaban J connectivity index is 1.95. The molecule has 0 bridgehead atoms. The average Bonchev–Trinajstić information content (AvgIpc) is 2.72. The summed E-state index contributed by atoms with van der Waals surface area (Å²) in [4.78, 5) is 24.1. The summed E-state index contributed by atoms with van der Waals surface area (Å²) in [5, 5.41) is 6.70. The van der Waals surface area contributed by atoms with Crippen LogP contribution in [0.2, 0.25) is 0 Å². The first-order valence-corrected chi connectivity index (χ1v) is 9.58. The topological polar surface area (TPSA) is 89.0 Å². The van der Waals surface area contributed by atoms with E-state index in [-0.39, 0.29) is 6.42 Å². The summed E-state index contributed by atoms with van der Waals surface area (Å²) in [5.41, 5.74) is 4.76. The largest absolute Gasteiger partial charge is 0.493 e. The van der Waals surface area contributed by atoms with Crippen molar-refractivity contribution < 1.29 is 19.1 Å². The third-order valence-corrected chi connectivity index (χ3v) is 4.07. The first-order chi connectivity index (χ1) is 14.1. The number of hydrogen-bond acceptors (Lipinski definition) is 5. The predicted octanol–water partition coefficient (Wildman–Crippen LogP) is 3.53. The van der Waals surface area contributed by atoms with E-state index in [0.29, 0.717) is 29.4 Å². The van der Waals surface area contributed by atoms with Crippen molar-refractivity contribution in [2.24, 2.45) is 5.10 Å². The lowest BCUT2D eigenvalue weighted by Gasteiger charge is -2.12. The van der Waals surface area contributed by atoms with Gasteiger partial charge in [-0.2, -0.15) is 5.10 Å². The van der Waals surface area contributed by atoms with E-state index in [1.54, 1.807) is 25.3 Å². The Morgan fingerprint density at radius 1 is 1.07 bits per heavy atom. The second kappa shape index (κ2) is 11.5. The van der Waals surface area contributed by atoms with Gasteiger partial charge >= 0.3 is 0 Å².